The number of hydrogen-bond acceptors (Lipinski definition) is 4. The molecule has 4 rings (SSSR count). The molecule has 6 nitrogen and oxygen atoms in total. The van der Waals surface area contributed by atoms with Gasteiger partial charge in [0.1, 0.15) is 0 Å². The molecular formula is C17H27N5O. The Kier molecular flexibility index (Phi) is 4.09. The SMILES string of the molecule is CC(CC(=O)N1CC(n2cc(CN3CCCC3)nn2)C1)C1CC1. The highest BCUT2D eigenvalue weighted by Crippen LogP contribution is 2.38. The van der Waals surface area contributed by atoms with Crippen molar-refractivity contribution >= 4 is 5.91 Å². The highest BCUT2D eigenvalue weighted by Gasteiger charge is 2.36. The lowest BCUT2D eigenvalue weighted by atomic mass is 9.99. The topological polar surface area (TPSA) is 54.3 Å². The molecule has 0 radical (unpaired) electrons. The van der Waals surface area contributed by atoms with Gasteiger partial charge in [-0.1, -0.05) is 12.1 Å². The molecule has 1 saturated carbocycles. The van der Waals surface area contributed by atoms with Gasteiger partial charge in [0.15, 0.2) is 0 Å². The van der Waals surface area contributed by atoms with Gasteiger partial charge in [0.05, 0.1) is 17.9 Å². The Morgan fingerprint density at radius 3 is 2.74 bits per heavy atom. The smallest absolute Gasteiger partial charge is 0.222 e. The molecule has 1 atom stereocenters. The first kappa shape index (κ1) is 15.1. The Hall–Kier alpha value is -1.43. The molecule has 1 aromatic rings. The molecule has 2 aliphatic heterocycles. The molecular weight excluding hydrogens is 290 g/mol. The Morgan fingerprint density at radius 1 is 1.30 bits per heavy atom. The number of carbonyl (C=O) groups is 1. The second kappa shape index (κ2) is 6.23. The van der Waals surface area contributed by atoms with Gasteiger partial charge in [0.25, 0.3) is 0 Å². The number of carbonyl (C=O) groups excluding carboxylic acids is 1. The van der Waals surface area contributed by atoms with Crippen LogP contribution in [0.2, 0.25) is 0 Å². The largest absolute Gasteiger partial charge is 0.338 e. The Bertz CT molecular complexity index is 555. The van der Waals surface area contributed by atoms with Gasteiger partial charge in [0, 0.05) is 26.1 Å². The third-order valence-electron chi connectivity index (χ3n) is 5.65. The van der Waals surface area contributed by atoms with Crippen LogP contribution >= 0.6 is 0 Å². The molecule has 3 aliphatic rings. The monoisotopic (exact) mass is 317 g/mol. The normalized spacial score (nSPS) is 24.0. The third kappa shape index (κ3) is 3.42. The first-order valence-corrected chi connectivity index (χ1v) is 9.10. The summed E-state index contributed by atoms with van der Waals surface area (Å²) in [6.45, 7) is 7.07. The standard InChI is InChI=1S/C17H27N5O/c1-13(14-4-5-14)8-17(23)21-11-16(12-21)22-10-15(18-19-22)9-20-6-2-3-7-20/h10,13-14,16H,2-9,11-12H2,1H3. The van der Waals surface area contributed by atoms with Crippen LogP contribution in [0.3, 0.4) is 0 Å². The van der Waals surface area contributed by atoms with Gasteiger partial charge in [-0.3, -0.25) is 9.69 Å². The average Bonchev–Trinajstić information content (AvgIpc) is 3.04. The third-order valence-corrected chi connectivity index (χ3v) is 5.65. The molecule has 1 unspecified atom stereocenters. The number of rotatable bonds is 6. The van der Waals surface area contributed by atoms with E-state index in [2.05, 4.69) is 28.3 Å². The Morgan fingerprint density at radius 2 is 2.04 bits per heavy atom. The van der Waals surface area contributed by atoms with Gasteiger partial charge in [0.2, 0.25) is 5.91 Å². The molecule has 1 aliphatic carbocycles. The number of aromatic nitrogens is 3. The van der Waals surface area contributed by atoms with Crippen LogP contribution in [0.25, 0.3) is 0 Å². The lowest BCUT2D eigenvalue weighted by molar-refractivity contribution is -0.138. The fourth-order valence-corrected chi connectivity index (χ4v) is 3.80. The van der Waals surface area contributed by atoms with Gasteiger partial charge in [-0.25, -0.2) is 4.68 Å². The number of likely N-dealkylation sites (tertiary alicyclic amines) is 2. The summed E-state index contributed by atoms with van der Waals surface area (Å²) in [4.78, 5) is 16.7. The second-order valence-corrected chi connectivity index (χ2v) is 7.64. The summed E-state index contributed by atoms with van der Waals surface area (Å²) in [5.74, 6) is 1.68. The molecule has 3 fully saturated rings. The molecule has 0 aromatic carbocycles. The first-order chi connectivity index (χ1) is 11.2. The molecule has 3 heterocycles. The minimum Gasteiger partial charge on any atom is -0.338 e. The molecule has 1 amide bonds. The maximum absolute atomic E-state index is 12.3. The maximum atomic E-state index is 12.3. The fraction of sp³-hybridized carbons (Fsp3) is 0.824. The zero-order chi connectivity index (χ0) is 15.8. The number of amides is 1. The minimum atomic E-state index is 0.315. The van der Waals surface area contributed by atoms with Crippen molar-refractivity contribution in [2.24, 2.45) is 11.8 Å². The summed E-state index contributed by atoms with van der Waals surface area (Å²) in [5.41, 5.74) is 1.05. The van der Waals surface area contributed by atoms with Crippen LogP contribution in [0.1, 0.15) is 50.8 Å². The fourth-order valence-electron chi connectivity index (χ4n) is 3.80. The van der Waals surface area contributed by atoms with Gasteiger partial charge in [-0.15, -0.1) is 5.10 Å². The zero-order valence-corrected chi connectivity index (χ0v) is 14.0. The van der Waals surface area contributed by atoms with Crippen molar-refractivity contribution in [3.63, 3.8) is 0 Å². The van der Waals surface area contributed by atoms with E-state index in [-0.39, 0.29) is 0 Å². The summed E-state index contributed by atoms with van der Waals surface area (Å²) in [5, 5.41) is 8.58. The van der Waals surface area contributed by atoms with Gasteiger partial charge in [-0.2, -0.15) is 0 Å². The lowest BCUT2D eigenvalue weighted by Gasteiger charge is -2.39. The Balaban J connectivity index is 1.24. The highest BCUT2D eigenvalue weighted by atomic mass is 16.2. The van der Waals surface area contributed by atoms with E-state index in [9.17, 15) is 4.79 Å². The van der Waals surface area contributed by atoms with E-state index in [4.69, 9.17) is 0 Å². The molecule has 0 spiro atoms. The first-order valence-electron chi connectivity index (χ1n) is 9.10. The van der Waals surface area contributed by atoms with E-state index in [1.807, 2.05) is 9.58 Å². The van der Waals surface area contributed by atoms with Gasteiger partial charge in [-0.05, 0) is 50.6 Å². The van der Waals surface area contributed by atoms with Crippen molar-refractivity contribution in [1.29, 1.82) is 0 Å². The molecule has 6 heteroatoms. The van der Waals surface area contributed by atoms with Crippen LogP contribution in [0.5, 0.6) is 0 Å². The minimum absolute atomic E-state index is 0.315. The van der Waals surface area contributed by atoms with Crippen molar-refractivity contribution in [3.05, 3.63) is 11.9 Å². The van der Waals surface area contributed by atoms with Crippen LogP contribution in [0.4, 0.5) is 0 Å². The summed E-state index contributed by atoms with van der Waals surface area (Å²) in [6, 6.07) is 0.315. The van der Waals surface area contributed by atoms with Crippen molar-refractivity contribution < 1.29 is 4.79 Å². The van der Waals surface area contributed by atoms with Crippen LogP contribution in [-0.4, -0.2) is 56.9 Å². The lowest BCUT2D eigenvalue weighted by Crippen LogP contribution is -2.51. The van der Waals surface area contributed by atoms with E-state index in [1.165, 1.54) is 38.8 Å². The van der Waals surface area contributed by atoms with Crippen molar-refractivity contribution in [2.75, 3.05) is 26.2 Å². The summed E-state index contributed by atoms with van der Waals surface area (Å²) < 4.78 is 1.96. The number of hydrogen-bond donors (Lipinski definition) is 0. The molecule has 1 aromatic heterocycles. The predicted molar refractivity (Wildman–Crippen MR) is 86.7 cm³/mol. The van der Waals surface area contributed by atoms with E-state index >= 15 is 0 Å². The second-order valence-electron chi connectivity index (χ2n) is 7.64. The van der Waals surface area contributed by atoms with E-state index in [1.54, 1.807) is 0 Å². The quantitative estimate of drug-likeness (QED) is 0.801. The van der Waals surface area contributed by atoms with E-state index in [0.717, 1.165) is 37.7 Å². The predicted octanol–water partition coefficient (Wildman–Crippen LogP) is 1.69. The number of nitrogens with zero attached hydrogens (tertiary/aromatic N) is 5. The molecule has 0 N–H and O–H groups in total. The molecule has 0 bridgehead atoms. The van der Waals surface area contributed by atoms with Gasteiger partial charge >= 0.3 is 0 Å². The molecule has 2 saturated heterocycles. The van der Waals surface area contributed by atoms with E-state index < -0.39 is 0 Å². The maximum Gasteiger partial charge on any atom is 0.222 e. The van der Waals surface area contributed by atoms with E-state index in [0.29, 0.717) is 17.9 Å². The summed E-state index contributed by atoms with van der Waals surface area (Å²) in [7, 11) is 0. The van der Waals surface area contributed by atoms with Crippen molar-refractivity contribution in [3.8, 4) is 0 Å². The summed E-state index contributed by atoms with van der Waals surface area (Å²) >= 11 is 0. The van der Waals surface area contributed by atoms with Crippen molar-refractivity contribution in [2.45, 2.75) is 51.6 Å². The van der Waals surface area contributed by atoms with Crippen LogP contribution in [0.15, 0.2) is 6.20 Å². The molecule has 126 valence electrons. The zero-order valence-electron chi connectivity index (χ0n) is 14.0. The van der Waals surface area contributed by atoms with Crippen LogP contribution < -0.4 is 0 Å². The Labute approximate surface area is 137 Å². The molecule has 23 heavy (non-hydrogen) atoms. The van der Waals surface area contributed by atoms with Crippen LogP contribution in [-0.2, 0) is 11.3 Å². The van der Waals surface area contributed by atoms with Gasteiger partial charge < -0.3 is 4.90 Å². The summed E-state index contributed by atoms with van der Waals surface area (Å²) in [6.07, 6.45) is 8.01. The van der Waals surface area contributed by atoms with Crippen molar-refractivity contribution in [1.82, 2.24) is 24.8 Å². The highest BCUT2D eigenvalue weighted by molar-refractivity contribution is 5.77. The average molecular weight is 317 g/mol. The van der Waals surface area contributed by atoms with Crippen LogP contribution in [0, 0.1) is 11.8 Å².